The van der Waals surface area contributed by atoms with Gasteiger partial charge in [-0.1, -0.05) is 340 Å². The molecule has 0 saturated carbocycles. The predicted molar refractivity (Wildman–Crippen MR) is 330 cm³/mol. The Balaban J connectivity index is 3.97. The summed E-state index contributed by atoms with van der Waals surface area (Å²) in [6, 6.07) is 0. The summed E-state index contributed by atoms with van der Waals surface area (Å²) < 4.78 is 16.9. The van der Waals surface area contributed by atoms with Crippen LogP contribution in [0.5, 0.6) is 0 Å². The van der Waals surface area contributed by atoms with Gasteiger partial charge in [0, 0.05) is 19.3 Å². The summed E-state index contributed by atoms with van der Waals surface area (Å²) in [6.45, 7) is 6.64. The van der Waals surface area contributed by atoms with E-state index in [2.05, 4.69) is 45.1 Å². The molecule has 1 unspecified atom stereocenters. The van der Waals surface area contributed by atoms with Gasteiger partial charge < -0.3 is 14.2 Å². The smallest absolute Gasteiger partial charge is 0.306 e. The monoisotopic (exact) mass is 1070 g/mol. The molecular weight excluding hydrogens is 937 g/mol. The van der Waals surface area contributed by atoms with Crippen LogP contribution in [-0.2, 0) is 28.6 Å². The molecule has 6 heteroatoms. The van der Waals surface area contributed by atoms with Crippen molar-refractivity contribution in [1.82, 2.24) is 0 Å². The predicted octanol–water partition coefficient (Wildman–Crippen LogP) is 23.4. The Bertz CT molecular complexity index is 1230. The van der Waals surface area contributed by atoms with Crippen molar-refractivity contribution in [2.75, 3.05) is 13.2 Å². The van der Waals surface area contributed by atoms with Crippen molar-refractivity contribution >= 4 is 17.9 Å². The molecule has 0 saturated heterocycles. The van der Waals surface area contributed by atoms with E-state index >= 15 is 0 Å². The fourth-order valence-corrected chi connectivity index (χ4v) is 10.5. The van der Waals surface area contributed by atoms with E-state index in [0.717, 1.165) is 70.6 Å². The zero-order valence-electron chi connectivity index (χ0n) is 51.6. The molecule has 76 heavy (non-hydrogen) atoms. The highest BCUT2D eigenvalue weighted by Gasteiger charge is 2.19. The second-order valence-electron chi connectivity index (χ2n) is 23.5. The average molecular weight is 1070 g/mol. The molecule has 0 aliphatic heterocycles. The third-order valence-electron chi connectivity index (χ3n) is 15.7. The quantitative estimate of drug-likeness (QED) is 0.0261. The number of hydrogen-bond acceptors (Lipinski definition) is 6. The van der Waals surface area contributed by atoms with Crippen LogP contribution in [0, 0.1) is 0 Å². The standard InChI is InChI=1S/C70H132O6/c1-4-7-10-13-16-19-21-23-25-27-28-29-30-31-32-33-34-35-36-37-38-39-40-41-42-44-45-47-49-51-54-57-60-63-69(72)75-66-67(65-74-68(71)62-59-56-53-18-15-12-9-6-3)76-70(73)64-61-58-55-52-50-48-46-43-26-24-22-20-17-14-11-8-5-2/h17,20,24,26,67H,4-16,18-19,21-23,25,27-66H2,1-3H3/b20-17-,26-24-. The first kappa shape index (κ1) is 73.9. The molecule has 0 aromatic carbocycles. The molecule has 0 heterocycles. The molecule has 0 amide bonds. The number of hydrogen-bond donors (Lipinski definition) is 0. The molecule has 0 aromatic rings. The van der Waals surface area contributed by atoms with Crippen molar-refractivity contribution in [2.24, 2.45) is 0 Å². The first-order valence-corrected chi connectivity index (χ1v) is 34.3. The van der Waals surface area contributed by atoms with E-state index in [1.165, 1.54) is 276 Å². The molecule has 0 aliphatic rings. The SMILES string of the molecule is CCCCC/C=C\C/C=C\CCCCCCCCCC(=O)OC(COC(=O)CCCCCCCCCC)COC(=O)CCCCCCCCCCCCCCCCCCCCCCCCCCCCCCCCCCC. The summed E-state index contributed by atoms with van der Waals surface area (Å²) in [6.07, 6.45) is 79.6. The van der Waals surface area contributed by atoms with Gasteiger partial charge in [0.15, 0.2) is 6.10 Å². The number of esters is 3. The minimum atomic E-state index is -0.770. The summed E-state index contributed by atoms with van der Waals surface area (Å²) in [4.78, 5) is 38.1. The Morgan fingerprint density at radius 3 is 0.750 bits per heavy atom. The maximum absolute atomic E-state index is 12.9. The van der Waals surface area contributed by atoms with Crippen molar-refractivity contribution in [3.63, 3.8) is 0 Å². The lowest BCUT2D eigenvalue weighted by Gasteiger charge is -2.18. The summed E-state index contributed by atoms with van der Waals surface area (Å²) >= 11 is 0. The average Bonchev–Trinajstić information content (AvgIpc) is 3.42. The lowest BCUT2D eigenvalue weighted by molar-refractivity contribution is -0.167. The Morgan fingerprint density at radius 2 is 0.474 bits per heavy atom. The van der Waals surface area contributed by atoms with E-state index in [-0.39, 0.29) is 31.1 Å². The van der Waals surface area contributed by atoms with Gasteiger partial charge in [0.05, 0.1) is 0 Å². The van der Waals surface area contributed by atoms with Gasteiger partial charge in [-0.2, -0.15) is 0 Å². The van der Waals surface area contributed by atoms with Crippen molar-refractivity contribution in [2.45, 2.75) is 393 Å². The van der Waals surface area contributed by atoms with E-state index in [9.17, 15) is 14.4 Å². The molecule has 0 bridgehead atoms. The van der Waals surface area contributed by atoms with Gasteiger partial charge in [0.25, 0.3) is 0 Å². The zero-order chi connectivity index (χ0) is 55.0. The van der Waals surface area contributed by atoms with Crippen LogP contribution in [0.25, 0.3) is 0 Å². The number of ether oxygens (including phenoxy) is 3. The lowest BCUT2D eigenvalue weighted by Crippen LogP contribution is -2.30. The third kappa shape index (κ3) is 62.7. The minimum absolute atomic E-state index is 0.0692. The fraction of sp³-hybridized carbons (Fsp3) is 0.900. The van der Waals surface area contributed by atoms with E-state index in [0.29, 0.717) is 19.3 Å². The first-order valence-electron chi connectivity index (χ1n) is 34.3. The van der Waals surface area contributed by atoms with Crippen molar-refractivity contribution in [3.05, 3.63) is 24.3 Å². The molecule has 0 rings (SSSR count). The Hall–Kier alpha value is -2.11. The fourth-order valence-electron chi connectivity index (χ4n) is 10.5. The molecule has 0 radical (unpaired) electrons. The van der Waals surface area contributed by atoms with Crippen LogP contribution >= 0.6 is 0 Å². The molecule has 448 valence electrons. The normalized spacial score (nSPS) is 12.1. The Morgan fingerprint density at radius 1 is 0.263 bits per heavy atom. The molecule has 0 N–H and O–H groups in total. The maximum Gasteiger partial charge on any atom is 0.306 e. The number of unbranched alkanes of at least 4 members (excludes halogenated alkanes) is 49. The van der Waals surface area contributed by atoms with Crippen molar-refractivity contribution < 1.29 is 28.6 Å². The molecule has 0 spiro atoms. The van der Waals surface area contributed by atoms with Crippen LogP contribution in [0.3, 0.4) is 0 Å². The summed E-state index contributed by atoms with van der Waals surface area (Å²) in [7, 11) is 0. The van der Waals surface area contributed by atoms with Gasteiger partial charge in [-0.05, 0) is 51.4 Å². The second-order valence-corrected chi connectivity index (χ2v) is 23.5. The molecule has 0 aliphatic carbocycles. The van der Waals surface area contributed by atoms with Crippen LogP contribution in [0.4, 0.5) is 0 Å². The number of allylic oxidation sites excluding steroid dienone is 4. The number of rotatable bonds is 64. The van der Waals surface area contributed by atoms with Gasteiger partial charge in [0.2, 0.25) is 0 Å². The van der Waals surface area contributed by atoms with E-state index in [1.807, 2.05) is 0 Å². The maximum atomic E-state index is 12.9. The van der Waals surface area contributed by atoms with Crippen molar-refractivity contribution in [3.8, 4) is 0 Å². The molecule has 1 atom stereocenters. The van der Waals surface area contributed by atoms with E-state index < -0.39 is 6.10 Å². The Kier molecular flexibility index (Phi) is 63.6. The molecule has 0 aromatic heterocycles. The molecule has 6 nitrogen and oxygen atoms in total. The van der Waals surface area contributed by atoms with Crippen LogP contribution < -0.4 is 0 Å². The third-order valence-corrected chi connectivity index (χ3v) is 15.7. The van der Waals surface area contributed by atoms with Gasteiger partial charge >= 0.3 is 17.9 Å². The largest absolute Gasteiger partial charge is 0.462 e. The van der Waals surface area contributed by atoms with E-state index in [4.69, 9.17) is 14.2 Å². The number of carbonyl (C=O) groups is 3. The minimum Gasteiger partial charge on any atom is -0.462 e. The number of carbonyl (C=O) groups excluding carboxylic acids is 3. The van der Waals surface area contributed by atoms with Gasteiger partial charge in [-0.15, -0.1) is 0 Å². The zero-order valence-corrected chi connectivity index (χ0v) is 51.6. The van der Waals surface area contributed by atoms with Gasteiger partial charge in [0.1, 0.15) is 13.2 Å². The van der Waals surface area contributed by atoms with Crippen LogP contribution in [0.2, 0.25) is 0 Å². The first-order chi connectivity index (χ1) is 37.5. The second kappa shape index (κ2) is 65.4. The molecule has 0 fully saturated rings. The van der Waals surface area contributed by atoms with Crippen LogP contribution in [0.1, 0.15) is 387 Å². The van der Waals surface area contributed by atoms with E-state index in [1.54, 1.807) is 0 Å². The summed E-state index contributed by atoms with van der Waals surface area (Å²) in [5.74, 6) is -0.858. The summed E-state index contributed by atoms with van der Waals surface area (Å²) in [5.41, 5.74) is 0. The van der Waals surface area contributed by atoms with Crippen molar-refractivity contribution in [1.29, 1.82) is 0 Å². The van der Waals surface area contributed by atoms with Gasteiger partial charge in [-0.25, -0.2) is 0 Å². The topological polar surface area (TPSA) is 78.9 Å². The molecular formula is C70H132O6. The highest BCUT2D eigenvalue weighted by molar-refractivity contribution is 5.71. The lowest BCUT2D eigenvalue weighted by atomic mass is 10.0. The van der Waals surface area contributed by atoms with Gasteiger partial charge in [-0.3, -0.25) is 14.4 Å². The summed E-state index contributed by atoms with van der Waals surface area (Å²) in [5, 5.41) is 0. The highest BCUT2D eigenvalue weighted by atomic mass is 16.6. The van der Waals surface area contributed by atoms with Crippen LogP contribution in [-0.4, -0.2) is 37.2 Å². The highest BCUT2D eigenvalue weighted by Crippen LogP contribution is 2.19. The Labute approximate surface area is 474 Å². The van der Waals surface area contributed by atoms with Crippen LogP contribution in [0.15, 0.2) is 24.3 Å².